The molecule has 0 saturated carbocycles. The lowest BCUT2D eigenvalue weighted by Crippen LogP contribution is -2.41. The number of benzene rings is 1. The van der Waals surface area contributed by atoms with Crippen LogP contribution in [0.25, 0.3) is 0 Å². The number of rotatable bonds is 7. The highest BCUT2D eigenvalue weighted by atomic mass is 19.4. The van der Waals surface area contributed by atoms with Gasteiger partial charge in [0.1, 0.15) is 12.4 Å². The zero-order chi connectivity index (χ0) is 21.6. The Balaban J connectivity index is 2.20. The van der Waals surface area contributed by atoms with Crippen LogP contribution < -0.4 is 4.74 Å². The fraction of sp³-hybridized carbons (Fsp3) is 0.524. The predicted molar refractivity (Wildman–Crippen MR) is 102 cm³/mol. The van der Waals surface area contributed by atoms with Crippen LogP contribution in [0.3, 0.4) is 0 Å². The van der Waals surface area contributed by atoms with E-state index in [2.05, 4.69) is 6.58 Å². The molecule has 1 amide bonds. The van der Waals surface area contributed by atoms with Gasteiger partial charge in [-0.25, -0.2) is 0 Å². The van der Waals surface area contributed by atoms with E-state index in [1.165, 1.54) is 11.0 Å². The molecule has 1 heterocycles. The first-order valence-corrected chi connectivity index (χ1v) is 9.55. The number of halogens is 3. The topological polar surface area (TPSA) is 55.8 Å². The molecule has 0 bridgehead atoms. The fourth-order valence-corrected chi connectivity index (χ4v) is 3.28. The number of ether oxygens (including phenoxy) is 2. The summed E-state index contributed by atoms with van der Waals surface area (Å²) in [5.41, 5.74) is -1.06. The third-order valence-corrected chi connectivity index (χ3v) is 4.52. The Hall–Kier alpha value is -2.51. The van der Waals surface area contributed by atoms with Gasteiger partial charge in [0.2, 0.25) is 0 Å². The first-order chi connectivity index (χ1) is 13.6. The van der Waals surface area contributed by atoms with Gasteiger partial charge in [-0.3, -0.25) is 9.59 Å². The predicted octanol–water partition coefficient (Wildman–Crippen LogP) is 4.46. The van der Waals surface area contributed by atoms with E-state index >= 15 is 0 Å². The van der Waals surface area contributed by atoms with E-state index in [9.17, 15) is 22.8 Å². The van der Waals surface area contributed by atoms with Crippen molar-refractivity contribution in [2.45, 2.75) is 45.4 Å². The van der Waals surface area contributed by atoms with Crippen molar-refractivity contribution in [3.63, 3.8) is 0 Å². The number of likely N-dealkylation sites (tertiary alicyclic amines) is 1. The third-order valence-electron chi connectivity index (χ3n) is 4.52. The lowest BCUT2D eigenvalue weighted by molar-refractivity contribution is -0.149. The highest BCUT2D eigenvalue weighted by Crippen LogP contribution is 2.34. The summed E-state index contributed by atoms with van der Waals surface area (Å²) >= 11 is 0. The highest BCUT2D eigenvalue weighted by Gasteiger charge is 2.34. The zero-order valence-corrected chi connectivity index (χ0v) is 16.6. The molecule has 160 valence electrons. The number of amides is 1. The molecule has 1 unspecified atom stereocenters. The number of esters is 1. The zero-order valence-electron chi connectivity index (χ0n) is 16.6. The highest BCUT2D eigenvalue weighted by molar-refractivity contribution is 5.97. The molecule has 5 nitrogen and oxygen atoms in total. The maximum atomic E-state index is 13.1. The summed E-state index contributed by atoms with van der Waals surface area (Å²) < 4.78 is 49.9. The quantitative estimate of drug-likeness (QED) is 0.489. The van der Waals surface area contributed by atoms with Gasteiger partial charge in [-0.05, 0) is 50.8 Å². The second-order valence-corrected chi connectivity index (χ2v) is 7.31. The molecule has 0 N–H and O–H groups in total. The van der Waals surface area contributed by atoms with Crippen molar-refractivity contribution in [2.24, 2.45) is 5.92 Å². The van der Waals surface area contributed by atoms with Gasteiger partial charge in [-0.15, -0.1) is 0 Å². The second kappa shape index (κ2) is 9.80. The lowest BCUT2D eigenvalue weighted by atomic mass is 9.94. The lowest BCUT2D eigenvalue weighted by Gasteiger charge is -2.33. The molecular weight excluding hydrogens is 387 g/mol. The summed E-state index contributed by atoms with van der Waals surface area (Å²) in [6, 6.07) is 2.86. The number of hydrogen-bond acceptors (Lipinski definition) is 4. The number of carbonyl (C=O) groups is 2. The van der Waals surface area contributed by atoms with Gasteiger partial charge in [0.05, 0.1) is 23.7 Å². The largest absolute Gasteiger partial charge is 0.489 e. The third kappa shape index (κ3) is 6.51. The van der Waals surface area contributed by atoms with Crippen molar-refractivity contribution in [3.8, 4) is 5.75 Å². The van der Waals surface area contributed by atoms with Gasteiger partial charge >= 0.3 is 12.1 Å². The summed E-state index contributed by atoms with van der Waals surface area (Å²) in [6.45, 7) is 7.78. The van der Waals surface area contributed by atoms with E-state index in [0.29, 0.717) is 13.0 Å². The average molecular weight is 413 g/mol. The molecule has 1 saturated heterocycles. The van der Waals surface area contributed by atoms with Crippen molar-refractivity contribution in [1.29, 1.82) is 0 Å². The number of carbonyl (C=O) groups excluding carboxylic acids is 2. The van der Waals surface area contributed by atoms with Crippen LogP contribution in [0.15, 0.2) is 30.9 Å². The van der Waals surface area contributed by atoms with Gasteiger partial charge in [0.15, 0.2) is 0 Å². The smallest absolute Gasteiger partial charge is 0.416 e. The standard InChI is InChI=1S/C21H26F3NO4/c1-4-10-28-18-8-7-16(21(22,23)24)12-17(18)20(27)25-9-5-6-15(13-25)11-19(26)29-14(2)3/h4,7-8,12,14-15H,1,5-6,9-11,13H2,2-3H3. The second-order valence-electron chi connectivity index (χ2n) is 7.31. The Kier molecular flexibility index (Phi) is 7.70. The first-order valence-electron chi connectivity index (χ1n) is 9.55. The Morgan fingerprint density at radius 3 is 2.69 bits per heavy atom. The number of piperidine rings is 1. The van der Waals surface area contributed by atoms with E-state index < -0.39 is 17.6 Å². The molecule has 29 heavy (non-hydrogen) atoms. The monoisotopic (exact) mass is 413 g/mol. The Morgan fingerprint density at radius 2 is 2.07 bits per heavy atom. The molecule has 1 aliphatic rings. The molecule has 1 aromatic carbocycles. The molecule has 8 heteroatoms. The van der Waals surface area contributed by atoms with Crippen LogP contribution in [0.4, 0.5) is 13.2 Å². The van der Waals surface area contributed by atoms with Crippen molar-refractivity contribution >= 4 is 11.9 Å². The average Bonchev–Trinajstić information content (AvgIpc) is 2.64. The summed E-state index contributed by atoms with van der Waals surface area (Å²) in [5.74, 6) is -0.906. The van der Waals surface area contributed by atoms with E-state index in [0.717, 1.165) is 24.6 Å². The van der Waals surface area contributed by atoms with E-state index in [1.54, 1.807) is 13.8 Å². The summed E-state index contributed by atoms with van der Waals surface area (Å²) in [6.07, 6.45) is -1.77. The van der Waals surface area contributed by atoms with Crippen LogP contribution in [0.5, 0.6) is 5.75 Å². The molecule has 1 aromatic rings. The Bertz CT molecular complexity index is 746. The van der Waals surface area contributed by atoms with Gasteiger partial charge in [0.25, 0.3) is 5.91 Å². The van der Waals surface area contributed by atoms with Gasteiger partial charge in [-0.2, -0.15) is 13.2 Å². The molecule has 1 aliphatic heterocycles. The summed E-state index contributed by atoms with van der Waals surface area (Å²) in [5, 5.41) is 0. The Labute approximate surface area is 168 Å². The van der Waals surface area contributed by atoms with Crippen molar-refractivity contribution in [1.82, 2.24) is 4.90 Å². The minimum Gasteiger partial charge on any atom is -0.489 e. The minimum absolute atomic E-state index is 0.0648. The maximum absolute atomic E-state index is 13.1. The molecule has 0 aromatic heterocycles. The molecular formula is C21H26F3NO4. The van der Waals surface area contributed by atoms with Crippen molar-refractivity contribution in [2.75, 3.05) is 19.7 Å². The van der Waals surface area contributed by atoms with Crippen LogP contribution in [-0.4, -0.2) is 42.6 Å². The molecule has 2 rings (SSSR count). The van der Waals surface area contributed by atoms with Crippen LogP contribution in [0.1, 0.15) is 49.0 Å². The van der Waals surface area contributed by atoms with Crippen molar-refractivity contribution in [3.05, 3.63) is 42.0 Å². The minimum atomic E-state index is -4.57. The van der Waals surface area contributed by atoms with Crippen molar-refractivity contribution < 1.29 is 32.2 Å². The van der Waals surface area contributed by atoms with Gasteiger partial charge in [0, 0.05) is 13.1 Å². The normalized spacial score (nSPS) is 17.2. The van der Waals surface area contributed by atoms with E-state index in [1.807, 2.05) is 0 Å². The number of alkyl halides is 3. The molecule has 0 aliphatic carbocycles. The molecule has 1 atom stereocenters. The SMILES string of the molecule is C=CCOc1ccc(C(F)(F)F)cc1C(=O)N1CCCC(CC(=O)OC(C)C)C1. The molecule has 1 fully saturated rings. The van der Waals surface area contributed by atoms with Crippen LogP contribution in [-0.2, 0) is 15.7 Å². The van der Waals surface area contributed by atoms with E-state index in [-0.39, 0.29) is 48.9 Å². The Morgan fingerprint density at radius 1 is 1.34 bits per heavy atom. The first kappa shape index (κ1) is 22.8. The number of nitrogens with zero attached hydrogens (tertiary/aromatic N) is 1. The molecule has 0 spiro atoms. The van der Waals surface area contributed by atoms with Crippen LogP contribution in [0, 0.1) is 5.92 Å². The fourth-order valence-electron chi connectivity index (χ4n) is 3.28. The van der Waals surface area contributed by atoms with Gasteiger partial charge < -0.3 is 14.4 Å². The van der Waals surface area contributed by atoms with Gasteiger partial charge in [-0.1, -0.05) is 12.7 Å². The van der Waals surface area contributed by atoms with Crippen LogP contribution >= 0.6 is 0 Å². The van der Waals surface area contributed by atoms with Crippen LogP contribution in [0.2, 0.25) is 0 Å². The summed E-state index contributed by atoms with van der Waals surface area (Å²) in [7, 11) is 0. The summed E-state index contributed by atoms with van der Waals surface area (Å²) in [4.78, 5) is 26.4. The number of hydrogen-bond donors (Lipinski definition) is 0. The van der Waals surface area contributed by atoms with E-state index in [4.69, 9.17) is 9.47 Å². The molecule has 0 radical (unpaired) electrons. The maximum Gasteiger partial charge on any atom is 0.416 e.